The van der Waals surface area contributed by atoms with E-state index in [1.54, 1.807) is 12.1 Å². The van der Waals surface area contributed by atoms with E-state index >= 15 is 0 Å². The first-order valence-corrected chi connectivity index (χ1v) is 8.35. The Morgan fingerprint density at radius 2 is 2.09 bits per heavy atom. The van der Waals surface area contributed by atoms with Gasteiger partial charge < -0.3 is 20.2 Å². The molecule has 0 saturated heterocycles. The fourth-order valence-electron chi connectivity index (χ4n) is 2.92. The van der Waals surface area contributed by atoms with E-state index in [9.17, 15) is 14.7 Å². The van der Waals surface area contributed by atoms with Crippen LogP contribution in [0.4, 0.5) is 0 Å². The van der Waals surface area contributed by atoms with Gasteiger partial charge in [0, 0.05) is 18.4 Å². The molecule has 0 spiro atoms. The lowest BCUT2D eigenvalue weighted by Gasteiger charge is -2.23. The van der Waals surface area contributed by atoms with Gasteiger partial charge in [0.1, 0.15) is 11.9 Å². The summed E-state index contributed by atoms with van der Waals surface area (Å²) in [4.78, 5) is 24.0. The molecule has 0 aromatic carbocycles. The number of rotatable bonds is 7. The monoisotopic (exact) mass is 322 g/mol. The predicted molar refractivity (Wildman–Crippen MR) is 85.5 cm³/mol. The number of nitrogens with one attached hydrogen (secondary N) is 2. The molecule has 0 bridgehead atoms. The first-order chi connectivity index (χ1) is 11.1. The zero-order valence-electron chi connectivity index (χ0n) is 13.6. The first kappa shape index (κ1) is 17.5. The highest BCUT2D eigenvalue weighted by atomic mass is 16.4. The number of aliphatic hydroxyl groups excluding tert-OH is 1. The molecule has 0 aliphatic heterocycles. The smallest absolute Gasteiger partial charge is 0.223 e. The lowest BCUT2D eigenvalue weighted by atomic mass is 9.88. The topological polar surface area (TPSA) is 91.6 Å². The van der Waals surface area contributed by atoms with Crippen LogP contribution in [0.25, 0.3) is 0 Å². The fourth-order valence-corrected chi connectivity index (χ4v) is 2.92. The van der Waals surface area contributed by atoms with Gasteiger partial charge in [-0.25, -0.2) is 0 Å². The zero-order valence-corrected chi connectivity index (χ0v) is 13.6. The van der Waals surface area contributed by atoms with Gasteiger partial charge in [-0.15, -0.1) is 0 Å². The molecule has 1 heterocycles. The van der Waals surface area contributed by atoms with E-state index in [1.165, 1.54) is 12.7 Å². The van der Waals surface area contributed by atoms with Crippen LogP contribution in [0.15, 0.2) is 22.8 Å². The molecule has 23 heavy (non-hydrogen) atoms. The van der Waals surface area contributed by atoms with Crippen LogP contribution in [0.2, 0.25) is 0 Å². The van der Waals surface area contributed by atoms with E-state index in [0.717, 1.165) is 25.7 Å². The Labute approximate surface area is 136 Å². The number of hydrogen-bond acceptors (Lipinski definition) is 4. The molecular weight excluding hydrogens is 296 g/mol. The van der Waals surface area contributed by atoms with Gasteiger partial charge in [-0.3, -0.25) is 9.59 Å². The van der Waals surface area contributed by atoms with Crippen molar-refractivity contribution in [3.63, 3.8) is 0 Å². The molecule has 1 aliphatic carbocycles. The van der Waals surface area contributed by atoms with Gasteiger partial charge in [-0.05, 0) is 31.9 Å². The van der Waals surface area contributed by atoms with Gasteiger partial charge in [-0.1, -0.05) is 19.3 Å². The molecular formula is C17H26N2O4. The van der Waals surface area contributed by atoms with Gasteiger partial charge in [0.25, 0.3) is 0 Å². The van der Waals surface area contributed by atoms with Crippen LogP contribution in [-0.2, 0) is 9.59 Å². The van der Waals surface area contributed by atoms with Gasteiger partial charge in [-0.2, -0.15) is 0 Å². The number of aliphatic hydroxyl groups is 1. The maximum Gasteiger partial charge on any atom is 0.223 e. The maximum atomic E-state index is 12.1. The molecule has 0 radical (unpaired) electrons. The minimum atomic E-state index is -0.860. The van der Waals surface area contributed by atoms with Gasteiger partial charge in [0.15, 0.2) is 0 Å². The normalized spacial score (nSPS) is 18.2. The Morgan fingerprint density at radius 1 is 1.35 bits per heavy atom. The molecule has 2 atom stereocenters. The average molecular weight is 322 g/mol. The Bertz CT molecular complexity index is 495. The highest BCUT2D eigenvalue weighted by Gasteiger charge is 2.23. The summed E-state index contributed by atoms with van der Waals surface area (Å²) < 4.78 is 5.07. The molecule has 2 unspecified atom stereocenters. The van der Waals surface area contributed by atoms with Crippen LogP contribution < -0.4 is 10.6 Å². The van der Waals surface area contributed by atoms with Crippen LogP contribution in [0, 0.1) is 5.92 Å². The number of furan rings is 1. The highest BCUT2D eigenvalue weighted by Crippen LogP contribution is 2.23. The Balaban J connectivity index is 1.66. The van der Waals surface area contributed by atoms with Crippen molar-refractivity contribution in [2.45, 2.75) is 57.6 Å². The predicted octanol–water partition coefficient (Wildman–Crippen LogP) is 1.90. The SMILES string of the molecule is CC(CC(=O)NCC(O)c1ccco1)NC(=O)C1CCCCC1. The van der Waals surface area contributed by atoms with Crippen molar-refractivity contribution in [2.75, 3.05) is 6.54 Å². The first-order valence-electron chi connectivity index (χ1n) is 8.35. The average Bonchev–Trinajstić information content (AvgIpc) is 3.07. The third-order valence-corrected chi connectivity index (χ3v) is 4.22. The summed E-state index contributed by atoms with van der Waals surface area (Å²) in [5, 5.41) is 15.4. The number of carbonyl (C=O) groups is 2. The summed E-state index contributed by atoms with van der Waals surface area (Å²) in [6.07, 6.45) is 6.13. The summed E-state index contributed by atoms with van der Waals surface area (Å²) in [5.41, 5.74) is 0. The standard InChI is InChI=1S/C17H26N2O4/c1-12(19-17(22)13-6-3-2-4-7-13)10-16(21)18-11-14(20)15-8-5-9-23-15/h5,8-9,12-14,20H,2-4,6-7,10-11H2,1H3,(H,18,21)(H,19,22). The minimum absolute atomic E-state index is 0.0561. The fraction of sp³-hybridized carbons (Fsp3) is 0.647. The van der Waals surface area contributed by atoms with E-state index in [-0.39, 0.29) is 36.7 Å². The van der Waals surface area contributed by atoms with Crippen molar-refractivity contribution >= 4 is 11.8 Å². The second-order valence-electron chi connectivity index (χ2n) is 6.28. The summed E-state index contributed by atoms with van der Waals surface area (Å²) in [6, 6.07) is 3.12. The van der Waals surface area contributed by atoms with Crippen molar-refractivity contribution in [2.24, 2.45) is 5.92 Å². The van der Waals surface area contributed by atoms with E-state index in [0.29, 0.717) is 5.76 Å². The van der Waals surface area contributed by atoms with E-state index in [2.05, 4.69) is 10.6 Å². The van der Waals surface area contributed by atoms with Gasteiger partial charge in [0.05, 0.1) is 12.8 Å². The minimum Gasteiger partial charge on any atom is -0.467 e. The second kappa shape index (κ2) is 8.72. The van der Waals surface area contributed by atoms with E-state index in [1.807, 2.05) is 6.92 Å². The van der Waals surface area contributed by atoms with Crippen LogP contribution >= 0.6 is 0 Å². The molecule has 1 aromatic rings. The maximum absolute atomic E-state index is 12.1. The molecule has 1 fully saturated rings. The lowest BCUT2D eigenvalue weighted by Crippen LogP contribution is -2.41. The number of hydrogen-bond donors (Lipinski definition) is 3. The van der Waals surface area contributed by atoms with Crippen molar-refractivity contribution in [3.05, 3.63) is 24.2 Å². The van der Waals surface area contributed by atoms with Crippen LogP contribution in [-0.4, -0.2) is 29.5 Å². The zero-order chi connectivity index (χ0) is 16.7. The van der Waals surface area contributed by atoms with E-state index in [4.69, 9.17) is 4.42 Å². The number of carbonyl (C=O) groups excluding carboxylic acids is 2. The van der Waals surface area contributed by atoms with Crippen LogP contribution in [0.5, 0.6) is 0 Å². The molecule has 2 amide bonds. The summed E-state index contributed by atoms with van der Waals surface area (Å²) in [6.45, 7) is 1.92. The Morgan fingerprint density at radius 3 is 2.74 bits per heavy atom. The number of amides is 2. The quantitative estimate of drug-likeness (QED) is 0.715. The van der Waals surface area contributed by atoms with Crippen molar-refractivity contribution < 1.29 is 19.1 Å². The van der Waals surface area contributed by atoms with Crippen molar-refractivity contribution in [1.29, 1.82) is 0 Å². The third kappa shape index (κ3) is 5.71. The molecule has 6 heteroatoms. The van der Waals surface area contributed by atoms with Gasteiger partial charge in [0.2, 0.25) is 11.8 Å². The van der Waals surface area contributed by atoms with Crippen molar-refractivity contribution in [3.8, 4) is 0 Å². The molecule has 3 N–H and O–H groups in total. The van der Waals surface area contributed by atoms with Gasteiger partial charge >= 0.3 is 0 Å². The van der Waals surface area contributed by atoms with E-state index < -0.39 is 6.10 Å². The van der Waals surface area contributed by atoms with Crippen molar-refractivity contribution in [1.82, 2.24) is 10.6 Å². The molecule has 128 valence electrons. The molecule has 6 nitrogen and oxygen atoms in total. The van der Waals surface area contributed by atoms with Crippen LogP contribution in [0.3, 0.4) is 0 Å². The molecule has 2 rings (SSSR count). The third-order valence-electron chi connectivity index (χ3n) is 4.22. The van der Waals surface area contributed by atoms with Crippen LogP contribution in [0.1, 0.15) is 57.3 Å². The molecule has 1 aromatic heterocycles. The summed E-state index contributed by atoms with van der Waals surface area (Å²) in [5.74, 6) is 0.367. The lowest BCUT2D eigenvalue weighted by molar-refractivity contribution is -0.127. The second-order valence-corrected chi connectivity index (χ2v) is 6.28. The summed E-state index contributed by atoms with van der Waals surface area (Å²) in [7, 11) is 0. The Hall–Kier alpha value is -1.82. The molecule has 1 saturated carbocycles. The largest absolute Gasteiger partial charge is 0.467 e. The molecule has 1 aliphatic rings. The highest BCUT2D eigenvalue weighted by molar-refractivity contribution is 5.81. The Kier molecular flexibility index (Phi) is 6.65. The summed E-state index contributed by atoms with van der Waals surface area (Å²) >= 11 is 0.